The number of pyridine rings is 1. The predicted molar refractivity (Wildman–Crippen MR) is 99.7 cm³/mol. The Morgan fingerprint density at radius 1 is 1.07 bits per heavy atom. The lowest BCUT2D eigenvalue weighted by atomic mass is 10.3. The Balaban J connectivity index is 1.66. The quantitative estimate of drug-likeness (QED) is 0.645. The molecule has 1 fully saturated rings. The molecule has 142 valence electrons. The van der Waals surface area contributed by atoms with Crippen molar-refractivity contribution in [2.24, 2.45) is 0 Å². The van der Waals surface area contributed by atoms with Crippen LogP contribution in [0.15, 0.2) is 47.2 Å². The Hall–Kier alpha value is -2.72. The number of nitrogens with zero attached hydrogens (tertiary/aromatic N) is 6. The van der Waals surface area contributed by atoms with Gasteiger partial charge in [0.15, 0.2) is 5.82 Å². The molecule has 0 atom stereocenters. The maximum absolute atomic E-state index is 11.8. The lowest BCUT2D eigenvalue weighted by molar-refractivity contribution is 0.383. The van der Waals surface area contributed by atoms with Gasteiger partial charge in [-0.1, -0.05) is 6.07 Å². The van der Waals surface area contributed by atoms with Crippen LogP contribution >= 0.6 is 0 Å². The number of hydrogen-bond acceptors (Lipinski definition) is 7. The molecule has 27 heavy (non-hydrogen) atoms. The summed E-state index contributed by atoms with van der Waals surface area (Å²) in [7, 11) is -3.18. The van der Waals surface area contributed by atoms with Gasteiger partial charge < -0.3 is 9.32 Å². The minimum atomic E-state index is -3.18. The van der Waals surface area contributed by atoms with Crippen LogP contribution in [0.25, 0.3) is 11.5 Å². The zero-order chi connectivity index (χ0) is 18.9. The van der Waals surface area contributed by atoms with Gasteiger partial charge in [0.1, 0.15) is 11.5 Å². The van der Waals surface area contributed by atoms with E-state index in [-0.39, 0.29) is 0 Å². The molecule has 0 saturated carbocycles. The van der Waals surface area contributed by atoms with E-state index in [2.05, 4.69) is 15.2 Å². The molecule has 0 bridgehead atoms. The summed E-state index contributed by atoms with van der Waals surface area (Å²) in [5.41, 5.74) is 0.720. The van der Waals surface area contributed by atoms with Crippen LogP contribution < -0.4 is 4.90 Å². The van der Waals surface area contributed by atoms with E-state index in [1.54, 1.807) is 12.5 Å². The fourth-order valence-corrected chi connectivity index (χ4v) is 3.96. The van der Waals surface area contributed by atoms with Crippen molar-refractivity contribution in [1.82, 2.24) is 24.1 Å². The van der Waals surface area contributed by atoms with Gasteiger partial charge in [0.05, 0.1) is 19.1 Å². The molecule has 0 aromatic carbocycles. The van der Waals surface area contributed by atoms with E-state index >= 15 is 0 Å². The summed E-state index contributed by atoms with van der Waals surface area (Å²) in [4.78, 5) is 6.43. The molecule has 9 nitrogen and oxygen atoms in total. The van der Waals surface area contributed by atoms with Gasteiger partial charge in [0.2, 0.25) is 16.0 Å². The van der Waals surface area contributed by atoms with Crippen molar-refractivity contribution in [2.75, 3.05) is 37.3 Å². The average Bonchev–Trinajstić information content (AvgIpc) is 3.32. The first-order valence-corrected chi connectivity index (χ1v) is 10.4. The van der Waals surface area contributed by atoms with E-state index in [4.69, 9.17) is 4.42 Å². The molecule has 4 rings (SSSR count). The van der Waals surface area contributed by atoms with Crippen LogP contribution in [-0.4, -0.2) is 64.9 Å². The molecule has 3 aromatic rings. The molecule has 0 amide bonds. The molecule has 1 saturated heterocycles. The highest BCUT2D eigenvalue weighted by Crippen LogP contribution is 2.24. The van der Waals surface area contributed by atoms with Crippen molar-refractivity contribution in [1.29, 1.82) is 0 Å². The van der Waals surface area contributed by atoms with Crippen molar-refractivity contribution in [3.8, 4) is 11.5 Å². The third-order valence-corrected chi connectivity index (χ3v) is 5.81. The third kappa shape index (κ3) is 3.71. The Morgan fingerprint density at radius 2 is 1.89 bits per heavy atom. The molecule has 1 aliphatic rings. The van der Waals surface area contributed by atoms with Crippen LogP contribution in [0.2, 0.25) is 0 Å². The predicted octanol–water partition coefficient (Wildman–Crippen LogP) is 1.06. The molecular formula is C17H20N6O3S. The molecule has 0 unspecified atom stereocenters. The van der Waals surface area contributed by atoms with Gasteiger partial charge in [-0.3, -0.25) is 9.55 Å². The Bertz CT molecular complexity index is 993. The number of aromatic nitrogens is 4. The normalized spacial score (nSPS) is 16.0. The van der Waals surface area contributed by atoms with Gasteiger partial charge in [-0.25, -0.2) is 8.42 Å². The third-order valence-electron chi connectivity index (χ3n) is 4.51. The number of piperazine rings is 1. The van der Waals surface area contributed by atoms with Crippen LogP contribution in [0.1, 0.15) is 5.76 Å². The zero-order valence-corrected chi connectivity index (χ0v) is 15.7. The van der Waals surface area contributed by atoms with Crippen LogP contribution in [0.5, 0.6) is 0 Å². The number of furan rings is 1. The van der Waals surface area contributed by atoms with Crippen LogP contribution in [0.4, 0.5) is 5.95 Å². The van der Waals surface area contributed by atoms with Crippen LogP contribution in [0, 0.1) is 0 Å². The highest BCUT2D eigenvalue weighted by molar-refractivity contribution is 7.88. The van der Waals surface area contributed by atoms with E-state index in [0.29, 0.717) is 44.5 Å². The van der Waals surface area contributed by atoms with E-state index in [9.17, 15) is 8.42 Å². The maximum Gasteiger partial charge on any atom is 0.228 e. The summed E-state index contributed by atoms with van der Waals surface area (Å²) in [6.07, 6.45) is 4.58. The first kappa shape index (κ1) is 17.7. The van der Waals surface area contributed by atoms with Gasteiger partial charge in [-0.05, 0) is 24.3 Å². The second-order valence-corrected chi connectivity index (χ2v) is 8.34. The average molecular weight is 388 g/mol. The Morgan fingerprint density at radius 3 is 2.52 bits per heavy atom. The van der Waals surface area contributed by atoms with Crippen LogP contribution in [-0.2, 0) is 16.6 Å². The summed E-state index contributed by atoms with van der Waals surface area (Å²) >= 11 is 0. The standard InChI is InChI=1S/C17H20N6O3S/c1-27(24,25)22-10-8-21(9-11-22)17-20-19-16(15-6-2-3-7-18-15)23(17)13-14-5-4-12-26-14/h2-7,12H,8-11,13H2,1H3. The second kappa shape index (κ2) is 7.12. The molecule has 0 spiro atoms. The summed E-state index contributed by atoms with van der Waals surface area (Å²) in [5, 5.41) is 8.72. The fourth-order valence-electron chi connectivity index (χ4n) is 3.14. The summed E-state index contributed by atoms with van der Waals surface area (Å²) < 4.78 is 32.4. The van der Waals surface area contributed by atoms with Gasteiger partial charge in [0, 0.05) is 32.4 Å². The molecule has 1 aliphatic heterocycles. The van der Waals surface area contributed by atoms with Gasteiger partial charge in [0.25, 0.3) is 0 Å². The van der Waals surface area contributed by atoms with Crippen molar-refractivity contribution < 1.29 is 12.8 Å². The Labute approximate surface area is 157 Å². The number of hydrogen-bond donors (Lipinski definition) is 0. The van der Waals surface area contributed by atoms with E-state index in [0.717, 1.165) is 11.5 Å². The van der Waals surface area contributed by atoms with Crippen molar-refractivity contribution in [3.05, 3.63) is 48.6 Å². The lowest BCUT2D eigenvalue weighted by Gasteiger charge is -2.33. The fraction of sp³-hybridized carbons (Fsp3) is 0.353. The Kier molecular flexibility index (Phi) is 4.66. The number of rotatable bonds is 5. The molecular weight excluding hydrogens is 368 g/mol. The minimum absolute atomic E-state index is 0.422. The largest absolute Gasteiger partial charge is 0.467 e. The summed E-state index contributed by atoms with van der Waals surface area (Å²) in [6, 6.07) is 9.37. The summed E-state index contributed by atoms with van der Waals surface area (Å²) in [5.74, 6) is 2.11. The van der Waals surface area contributed by atoms with Crippen molar-refractivity contribution >= 4 is 16.0 Å². The van der Waals surface area contributed by atoms with Crippen molar-refractivity contribution in [2.45, 2.75) is 6.54 Å². The van der Waals surface area contributed by atoms with Gasteiger partial charge >= 0.3 is 0 Å². The molecule has 0 aliphatic carbocycles. The first-order chi connectivity index (χ1) is 13.0. The zero-order valence-electron chi connectivity index (χ0n) is 14.9. The van der Waals surface area contributed by atoms with E-state index in [1.165, 1.54) is 10.6 Å². The van der Waals surface area contributed by atoms with Crippen molar-refractivity contribution in [3.63, 3.8) is 0 Å². The maximum atomic E-state index is 11.8. The summed E-state index contributed by atoms with van der Waals surface area (Å²) in [6.45, 7) is 2.40. The monoisotopic (exact) mass is 388 g/mol. The van der Waals surface area contributed by atoms with Gasteiger partial charge in [-0.15, -0.1) is 10.2 Å². The molecule has 0 radical (unpaired) electrons. The van der Waals surface area contributed by atoms with Crippen LogP contribution in [0.3, 0.4) is 0 Å². The highest BCUT2D eigenvalue weighted by Gasteiger charge is 2.27. The lowest BCUT2D eigenvalue weighted by Crippen LogP contribution is -2.49. The van der Waals surface area contributed by atoms with E-state index in [1.807, 2.05) is 39.8 Å². The number of sulfonamides is 1. The smallest absolute Gasteiger partial charge is 0.228 e. The molecule has 0 N–H and O–H groups in total. The topological polar surface area (TPSA) is 97.4 Å². The highest BCUT2D eigenvalue weighted by atomic mass is 32.2. The SMILES string of the molecule is CS(=O)(=O)N1CCN(c2nnc(-c3ccccn3)n2Cc2ccco2)CC1. The minimum Gasteiger partial charge on any atom is -0.467 e. The molecule has 3 aromatic heterocycles. The molecule has 10 heteroatoms. The number of anilines is 1. The molecule has 4 heterocycles. The first-order valence-electron chi connectivity index (χ1n) is 8.59. The van der Waals surface area contributed by atoms with Gasteiger partial charge in [-0.2, -0.15) is 4.31 Å². The van der Waals surface area contributed by atoms with E-state index < -0.39 is 10.0 Å². The second-order valence-electron chi connectivity index (χ2n) is 6.35.